The largest absolute Gasteiger partial charge is 0.379 e. The molecule has 3 rings (SSSR count). The zero-order valence-corrected chi connectivity index (χ0v) is 13.5. The molecule has 5 nitrogen and oxygen atoms in total. The SMILES string of the molecule is C[C@H]1CN(C(=O)[C@H](c2ccccc2F)N2CCOCC2)CCN1. The average molecular weight is 321 g/mol. The third-order valence-electron chi connectivity index (χ3n) is 4.52. The fourth-order valence-electron chi connectivity index (χ4n) is 3.32. The Morgan fingerprint density at radius 1 is 1.30 bits per heavy atom. The van der Waals surface area contributed by atoms with Crippen LogP contribution in [0.5, 0.6) is 0 Å². The summed E-state index contributed by atoms with van der Waals surface area (Å²) in [6, 6.07) is 6.30. The van der Waals surface area contributed by atoms with Crippen LogP contribution < -0.4 is 5.32 Å². The summed E-state index contributed by atoms with van der Waals surface area (Å²) in [6.07, 6.45) is 0. The van der Waals surface area contributed by atoms with Gasteiger partial charge in [-0.3, -0.25) is 9.69 Å². The summed E-state index contributed by atoms with van der Waals surface area (Å²) in [5.74, 6) is -0.328. The minimum Gasteiger partial charge on any atom is -0.379 e. The topological polar surface area (TPSA) is 44.8 Å². The van der Waals surface area contributed by atoms with E-state index in [1.165, 1.54) is 6.07 Å². The van der Waals surface area contributed by atoms with Gasteiger partial charge in [-0.1, -0.05) is 18.2 Å². The Hall–Kier alpha value is -1.50. The van der Waals surface area contributed by atoms with Gasteiger partial charge in [0, 0.05) is 44.3 Å². The van der Waals surface area contributed by atoms with Crippen molar-refractivity contribution in [3.05, 3.63) is 35.6 Å². The molecule has 2 heterocycles. The molecule has 1 amide bonds. The molecule has 0 unspecified atom stereocenters. The van der Waals surface area contributed by atoms with Gasteiger partial charge in [-0.2, -0.15) is 0 Å². The maximum atomic E-state index is 14.4. The third-order valence-corrected chi connectivity index (χ3v) is 4.52. The molecule has 2 atom stereocenters. The van der Waals surface area contributed by atoms with Gasteiger partial charge in [-0.05, 0) is 13.0 Å². The van der Waals surface area contributed by atoms with Gasteiger partial charge in [-0.25, -0.2) is 4.39 Å². The maximum Gasteiger partial charge on any atom is 0.244 e. The van der Waals surface area contributed by atoms with Crippen molar-refractivity contribution in [2.75, 3.05) is 45.9 Å². The van der Waals surface area contributed by atoms with Crippen LogP contribution in [0.4, 0.5) is 4.39 Å². The zero-order valence-electron chi connectivity index (χ0n) is 13.5. The number of rotatable bonds is 3. The number of hydrogen-bond donors (Lipinski definition) is 1. The number of nitrogens with one attached hydrogen (secondary N) is 1. The van der Waals surface area contributed by atoms with Crippen molar-refractivity contribution in [3.8, 4) is 0 Å². The van der Waals surface area contributed by atoms with E-state index in [1.807, 2.05) is 9.80 Å². The van der Waals surface area contributed by atoms with Crippen molar-refractivity contribution >= 4 is 5.91 Å². The highest BCUT2D eigenvalue weighted by Gasteiger charge is 2.35. The molecule has 0 bridgehead atoms. The monoisotopic (exact) mass is 321 g/mol. The third kappa shape index (κ3) is 3.71. The minimum absolute atomic E-state index is 0.00894. The van der Waals surface area contributed by atoms with Gasteiger partial charge in [0.05, 0.1) is 13.2 Å². The molecular weight excluding hydrogens is 297 g/mol. The van der Waals surface area contributed by atoms with E-state index in [4.69, 9.17) is 4.74 Å². The number of amides is 1. The number of hydrogen-bond acceptors (Lipinski definition) is 4. The summed E-state index contributed by atoms with van der Waals surface area (Å²) in [6.45, 7) is 6.62. The Morgan fingerprint density at radius 2 is 2.04 bits per heavy atom. The summed E-state index contributed by atoms with van der Waals surface area (Å²) in [5.41, 5.74) is 0.464. The first-order valence-corrected chi connectivity index (χ1v) is 8.25. The first-order valence-electron chi connectivity index (χ1n) is 8.25. The number of nitrogens with zero attached hydrogens (tertiary/aromatic N) is 2. The van der Waals surface area contributed by atoms with Gasteiger partial charge < -0.3 is 15.0 Å². The Labute approximate surface area is 136 Å². The van der Waals surface area contributed by atoms with Crippen molar-refractivity contribution < 1.29 is 13.9 Å². The number of ether oxygens (including phenoxy) is 1. The van der Waals surface area contributed by atoms with Gasteiger partial charge in [0.1, 0.15) is 11.9 Å². The summed E-state index contributed by atoms with van der Waals surface area (Å²) in [5, 5.41) is 3.33. The van der Waals surface area contributed by atoms with E-state index in [-0.39, 0.29) is 17.8 Å². The van der Waals surface area contributed by atoms with E-state index in [0.717, 1.165) is 6.54 Å². The van der Waals surface area contributed by atoms with Crippen molar-refractivity contribution in [1.82, 2.24) is 15.1 Å². The van der Waals surface area contributed by atoms with Crippen LogP contribution in [0.3, 0.4) is 0 Å². The van der Waals surface area contributed by atoms with E-state index in [1.54, 1.807) is 18.2 Å². The molecule has 126 valence electrons. The smallest absolute Gasteiger partial charge is 0.244 e. The lowest BCUT2D eigenvalue weighted by molar-refractivity contribution is -0.140. The molecule has 1 aromatic rings. The number of piperazine rings is 1. The van der Waals surface area contributed by atoms with Crippen LogP contribution in [0, 0.1) is 5.82 Å². The first-order chi connectivity index (χ1) is 11.2. The molecule has 0 aromatic heterocycles. The molecule has 23 heavy (non-hydrogen) atoms. The normalized spacial score (nSPS) is 24.4. The molecule has 2 aliphatic rings. The molecule has 2 fully saturated rings. The predicted molar refractivity (Wildman–Crippen MR) is 85.6 cm³/mol. The van der Waals surface area contributed by atoms with Gasteiger partial charge in [0.15, 0.2) is 0 Å². The number of carbonyl (C=O) groups excluding carboxylic acids is 1. The number of morpholine rings is 1. The number of halogens is 1. The molecule has 0 radical (unpaired) electrons. The molecule has 0 aliphatic carbocycles. The summed E-state index contributed by atoms with van der Waals surface area (Å²) in [4.78, 5) is 17.0. The van der Waals surface area contributed by atoms with Crippen LogP contribution in [-0.2, 0) is 9.53 Å². The van der Waals surface area contributed by atoms with Crippen LogP contribution in [-0.4, -0.2) is 67.7 Å². The van der Waals surface area contributed by atoms with E-state index >= 15 is 0 Å². The van der Waals surface area contributed by atoms with Crippen molar-refractivity contribution in [2.24, 2.45) is 0 Å². The second-order valence-electron chi connectivity index (χ2n) is 6.21. The Morgan fingerprint density at radius 3 is 2.74 bits per heavy atom. The Kier molecular flexibility index (Phi) is 5.25. The second-order valence-corrected chi connectivity index (χ2v) is 6.21. The molecule has 1 aromatic carbocycles. The highest BCUT2D eigenvalue weighted by atomic mass is 19.1. The molecule has 1 N–H and O–H groups in total. The maximum absolute atomic E-state index is 14.4. The zero-order chi connectivity index (χ0) is 16.2. The van der Waals surface area contributed by atoms with Gasteiger partial charge in [0.2, 0.25) is 5.91 Å². The minimum atomic E-state index is -0.564. The summed E-state index contributed by atoms with van der Waals surface area (Å²) in [7, 11) is 0. The lowest BCUT2D eigenvalue weighted by Crippen LogP contribution is -2.55. The molecule has 0 spiro atoms. The summed E-state index contributed by atoms with van der Waals surface area (Å²) >= 11 is 0. The van der Waals surface area contributed by atoms with Crippen LogP contribution in [0.25, 0.3) is 0 Å². The molecular formula is C17H24FN3O2. The Bertz CT molecular complexity index is 548. The predicted octanol–water partition coefficient (Wildman–Crippen LogP) is 1.02. The van der Waals surface area contributed by atoms with E-state index in [9.17, 15) is 9.18 Å². The van der Waals surface area contributed by atoms with Gasteiger partial charge in [0.25, 0.3) is 0 Å². The fourth-order valence-corrected chi connectivity index (χ4v) is 3.32. The van der Waals surface area contributed by atoms with Crippen LogP contribution >= 0.6 is 0 Å². The lowest BCUT2D eigenvalue weighted by Gasteiger charge is -2.39. The quantitative estimate of drug-likeness (QED) is 0.903. The van der Waals surface area contributed by atoms with E-state index in [2.05, 4.69) is 12.2 Å². The van der Waals surface area contributed by atoms with E-state index < -0.39 is 6.04 Å². The molecule has 2 saturated heterocycles. The number of benzene rings is 1. The molecule has 2 aliphatic heterocycles. The molecule has 6 heteroatoms. The standard InChI is InChI=1S/C17H24FN3O2/c1-13-12-21(7-6-19-13)17(22)16(20-8-10-23-11-9-20)14-4-2-3-5-15(14)18/h2-5,13,16,19H,6-12H2,1H3/t13-,16-/m0/s1. The second kappa shape index (κ2) is 7.38. The molecule has 0 saturated carbocycles. The van der Waals surface area contributed by atoms with Crippen LogP contribution in [0.2, 0.25) is 0 Å². The fraction of sp³-hybridized carbons (Fsp3) is 0.588. The first kappa shape index (κ1) is 16.4. The van der Waals surface area contributed by atoms with Crippen molar-refractivity contribution in [2.45, 2.75) is 19.0 Å². The highest BCUT2D eigenvalue weighted by Crippen LogP contribution is 2.27. The van der Waals surface area contributed by atoms with E-state index in [0.29, 0.717) is 45.0 Å². The summed E-state index contributed by atoms with van der Waals surface area (Å²) < 4.78 is 19.7. The van der Waals surface area contributed by atoms with Crippen molar-refractivity contribution in [1.29, 1.82) is 0 Å². The van der Waals surface area contributed by atoms with Gasteiger partial charge in [-0.15, -0.1) is 0 Å². The Balaban J connectivity index is 1.88. The average Bonchev–Trinajstić information content (AvgIpc) is 2.58. The lowest BCUT2D eigenvalue weighted by atomic mass is 10.0. The van der Waals surface area contributed by atoms with Crippen molar-refractivity contribution in [3.63, 3.8) is 0 Å². The van der Waals surface area contributed by atoms with Crippen LogP contribution in [0.1, 0.15) is 18.5 Å². The van der Waals surface area contributed by atoms with Gasteiger partial charge >= 0.3 is 0 Å². The van der Waals surface area contributed by atoms with Crippen LogP contribution in [0.15, 0.2) is 24.3 Å². The highest BCUT2D eigenvalue weighted by molar-refractivity contribution is 5.83. The number of carbonyl (C=O) groups is 1.